The molecule has 0 amide bonds. The van der Waals surface area contributed by atoms with Gasteiger partial charge in [0.1, 0.15) is 0 Å². The highest BCUT2D eigenvalue weighted by molar-refractivity contribution is 14.1. The lowest BCUT2D eigenvalue weighted by Gasteiger charge is -2.04. The molecule has 0 atom stereocenters. The van der Waals surface area contributed by atoms with Crippen LogP contribution >= 0.6 is 22.6 Å². The molecule has 8 heteroatoms. The van der Waals surface area contributed by atoms with Gasteiger partial charge in [-0.1, -0.05) is 0 Å². The molecule has 76 valence electrons. The van der Waals surface area contributed by atoms with E-state index in [9.17, 15) is 23.3 Å². The summed E-state index contributed by atoms with van der Waals surface area (Å²) in [5.74, 6) is -0.802. The number of alkyl halides is 3. The number of halogens is 4. The van der Waals surface area contributed by atoms with E-state index in [1.165, 1.54) is 22.6 Å². The van der Waals surface area contributed by atoms with Crippen molar-refractivity contribution >= 4 is 28.4 Å². The highest BCUT2D eigenvalue weighted by Crippen LogP contribution is 2.31. The molecule has 0 bridgehead atoms. The highest BCUT2D eigenvalue weighted by atomic mass is 127. The molecule has 1 heterocycles. The summed E-state index contributed by atoms with van der Waals surface area (Å²) in [6.45, 7) is 0. The summed E-state index contributed by atoms with van der Waals surface area (Å²) in [6.07, 6.45) is -4.59. The number of hydrogen-bond donors (Lipinski definition) is 0. The van der Waals surface area contributed by atoms with E-state index in [-0.39, 0.29) is 3.70 Å². The van der Waals surface area contributed by atoms with E-state index in [1.54, 1.807) is 0 Å². The van der Waals surface area contributed by atoms with E-state index in [4.69, 9.17) is 0 Å². The average Bonchev–Trinajstić information content (AvgIpc) is 2.01. The van der Waals surface area contributed by atoms with Crippen molar-refractivity contribution in [3.63, 3.8) is 0 Å². The zero-order valence-electron chi connectivity index (χ0n) is 6.38. The molecular formula is C6H2F3IN2O2. The predicted molar refractivity (Wildman–Crippen MR) is 48.6 cm³/mol. The van der Waals surface area contributed by atoms with Crippen molar-refractivity contribution in [2.45, 2.75) is 6.18 Å². The summed E-state index contributed by atoms with van der Waals surface area (Å²) < 4.78 is 36.4. The van der Waals surface area contributed by atoms with Crippen molar-refractivity contribution in [2.24, 2.45) is 0 Å². The second-order valence-corrected chi connectivity index (χ2v) is 3.40. The first kappa shape index (κ1) is 11.1. The van der Waals surface area contributed by atoms with Crippen molar-refractivity contribution < 1.29 is 18.1 Å². The van der Waals surface area contributed by atoms with Gasteiger partial charge in [-0.25, -0.2) is 0 Å². The fraction of sp³-hybridized carbons (Fsp3) is 0.167. The molecule has 0 N–H and O–H groups in total. The molecule has 0 aromatic carbocycles. The van der Waals surface area contributed by atoms with Crippen molar-refractivity contribution in [3.05, 3.63) is 31.5 Å². The molecule has 1 aromatic rings. The first-order valence-corrected chi connectivity index (χ1v) is 4.28. The molecule has 0 radical (unpaired) electrons. The Hall–Kier alpha value is -0.930. The minimum Gasteiger partial charge on any atom is -0.358 e. The van der Waals surface area contributed by atoms with Crippen LogP contribution in [-0.2, 0) is 6.18 Å². The normalized spacial score (nSPS) is 11.4. The van der Waals surface area contributed by atoms with E-state index in [0.29, 0.717) is 6.07 Å². The Labute approximate surface area is 89.4 Å². The first-order valence-electron chi connectivity index (χ1n) is 3.20. The van der Waals surface area contributed by atoms with Crippen LogP contribution in [0.5, 0.6) is 0 Å². The van der Waals surface area contributed by atoms with E-state index >= 15 is 0 Å². The van der Waals surface area contributed by atoms with Gasteiger partial charge in [0.15, 0.2) is 0 Å². The smallest absolute Gasteiger partial charge is 0.358 e. The molecule has 0 fully saturated rings. The fourth-order valence-electron chi connectivity index (χ4n) is 0.740. The third kappa shape index (κ3) is 2.53. The van der Waals surface area contributed by atoms with Crippen LogP contribution in [0.3, 0.4) is 0 Å². The van der Waals surface area contributed by atoms with E-state index in [1.807, 2.05) is 0 Å². The lowest BCUT2D eigenvalue weighted by molar-refractivity contribution is -0.389. The zero-order chi connectivity index (χ0) is 10.9. The van der Waals surface area contributed by atoms with E-state index in [2.05, 4.69) is 4.98 Å². The predicted octanol–water partition coefficient (Wildman–Crippen LogP) is 2.61. The summed E-state index contributed by atoms with van der Waals surface area (Å²) in [6, 6.07) is 1.15. The Morgan fingerprint density at radius 3 is 2.43 bits per heavy atom. The molecule has 0 aliphatic heterocycles. The van der Waals surface area contributed by atoms with Crippen LogP contribution < -0.4 is 0 Å². The average molecular weight is 318 g/mol. The van der Waals surface area contributed by atoms with Crippen molar-refractivity contribution in [1.82, 2.24) is 4.98 Å². The topological polar surface area (TPSA) is 56.0 Å². The van der Waals surface area contributed by atoms with Crippen LogP contribution in [0.25, 0.3) is 0 Å². The minimum atomic E-state index is -4.59. The van der Waals surface area contributed by atoms with Gasteiger partial charge < -0.3 is 10.1 Å². The summed E-state index contributed by atoms with van der Waals surface area (Å²) in [5, 5.41) is 10.2. The molecule has 1 rings (SSSR count). The highest BCUT2D eigenvalue weighted by Gasteiger charge is 2.33. The van der Waals surface area contributed by atoms with Crippen molar-refractivity contribution in [3.8, 4) is 0 Å². The molecule has 1 aromatic heterocycles. The third-order valence-corrected chi connectivity index (χ3v) is 1.85. The van der Waals surface area contributed by atoms with Crippen LogP contribution in [0.4, 0.5) is 19.0 Å². The number of pyridine rings is 1. The number of rotatable bonds is 1. The summed E-state index contributed by atoms with van der Waals surface area (Å²) >= 11 is 1.49. The van der Waals surface area contributed by atoms with Gasteiger partial charge in [-0.15, -0.1) is 0 Å². The second kappa shape index (κ2) is 3.67. The van der Waals surface area contributed by atoms with Crippen LogP contribution in [0, 0.1) is 13.8 Å². The van der Waals surface area contributed by atoms with Crippen LogP contribution in [-0.4, -0.2) is 9.91 Å². The largest absolute Gasteiger partial charge is 0.416 e. The van der Waals surface area contributed by atoms with Gasteiger partial charge in [-0.2, -0.15) is 13.2 Å². The number of nitrogens with zero attached hydrogens (tertiary/aromatic N) is 2. The molecule has 14 heavy (non-hydrogen) atoms. The second-order valence-electron chi connectivity index (χ2n) is 2.29. The number of aromatic nitrogens is 1. The minimum absolute atomic E-state index is 0.0656. The SMILES string of the molecule is O=[N+]([O-])c1cc(C(F)(F)F)cc(I)n1. The van der Waals surface area contributed by atoms with E-state index in [0.717, 1.165) is 6.07 Å². The van der Waals surface area contributed by atoms with Crippen LogP contribution in [0.1, 0.15) is 5.56 Å². The Morgan fingerprint density at radius 2 is 2.00 bits per heavy atom. The van der Waals surface area contributed by atoms with Crippen LogP contribution in [0.2, 0.25) is 0 Å². The maximum absolute atomic E-state index is 12.2. The Bertz CT molecular complexity index is 380. The molecule has 0 unspecified atom stereocenters. The van der Waals surface area contributed by atoms with Gasteiger partial charge in [0.05, 0.1) is 5.56 Å². The lowest BCUT2D eigenvalue weighted by atomic mass is 10.2. The quantitative estimate of drug-likeness (QED) is 0.346. The molecule has 4 nitrogen and oxygen atoms in total. The standard InChI is InChI=1S/C6H2F3IN2O2/c7-6(8,9)3-1-4(10)11-5(2-3)12(13)14/h1-2H. The lowest BCUT2D eigenvalue weighted by Crippen LogP contribution is -2.07. The molecule has 0 aliphatic rings. The molecule has 0 spiro atoms. The molecule has 0 saturated heterocycles. The monoisotopic (exact) mass is 318 g/mol. The summed E-state index contributed by atoms with van der Waals surface area (Å²) in [4.78, 5) is 12.6. The molecular weight excluding hydrogens is 316 g/mol. The van der Waals surface area contributed by atoms with Gasteiger partial charge in [-0.05, 0) is 9.91 Å². The van der Waals surface area contributed by atoms with Gasteiger partial charge in [-0.3, -0.25) is 0 Å². The third-order valence-electron chi connectivity index (χ3n) is 1.29. The summed E-state index contributed by atoms with van der Waals surface area (Å²) in [7, 11) is 0. The molecule has 0 saturated carbocycles. The van der Waals surface area contributed by atoms with Crippen LogP contribution in [0.15, 0.2) is 12.1 Å². The van der Waals surface area contributed by atoms with Gasteiger partial charge >= 0.3 is 12.0 Å². The maximum atomic E-state index is 12.2. The summed E-state index contributed by atoms with van der Waals surface area (Å²) in [5.41, 5.74) is -1.07. The Kier molecular flexibility index (Phi) is 2.92. The maximum Gasteiger partial charge on any atom is 0.416 e. The van der Waals surface area contributed by atoms with Gasteiger partial charge in [0, 0.05) is 34.7 Å². The van der Waals surface area contributed by atoms with Gasteiger partial charge in [0.25, 0.3) is 0 Å². The van der Waals surface area contributed by atoms with Crippen molar-refractivity contribution in [2.75, 3.05) is 0 Å². The van der Waals surface area contributed by atoms with Crippen molar-refractivity contribution in [1.29, 1.82) is 0 Å². The zero-order valence-corrected chi connectivity index (χ0v) is 8.53. The fourth-order valence-corrected chi connectivity index (χ4v) is 1.32. The Balaban J connectivity index is 3.28. The Morgan fingerprint density at radius 1 is 1.43 bits per heavy atom. The van der Waals surface area contributed by atoms with E-state index < -0.39 is 22.5 Å². The first-order chi connectivity index (χ1) is 6.30. The molecule has 0 aliphatic carbocycles. The number of hydrogen-bond acceptors (Lipinski definition) is 3. The number of nitro groups is 1. The van der Waals surface area contributed by atoms with Gasteiger partial charge in [0.2, 0.25) is 3.70 Å².